The Balaban J connectivity index is 1.98. The van der Waals surface area contributed by atoms with Crippen molar-refractivity contribution in [1.82, 2.24) is 4.90 Å². The van der Waals surface area contributed by atoms with E-state index in [4.69, 9.17) is 0 Å². The maximum Gasteiger partial charge on any atom is 0.0585 e. The topological polar surface area (TPSA) is 43.7 Å². The van der Waals surface area contributed by atoms with Crippen molar-refractivity contribution in [1.29, 1.82) is 0 Å². The van der Waals surface area contributed by atoms with Crippen LogP contribution in [0.5, 0.6) is 0 Å². The summed E-state index contributed by atoms with van der Waals surface area (Å²) in [6, 6.07) is 10.4. The summed E-state index contributed by atoms with van der Waals surface area (Å²) in [5, 5.41) is 19.7. The largest absolute Gasteiger partial charge is 0.395 e. The number of aliphatic hydroxyl groups excluding tert-OH is 2. The molecule has 118 valence electrons. The fourth-order valence-electron chi connectivity index (χ4n) is 3.69. The summed E-state index contributed by atoms with van der Waals surface area (Å²) in [6.07, 6.45) is 1.90. The van der Waals surface area contributed by atoms with Crippen LogP contribution in [0, 0.1) is 17.8 Å². The van der Waals surface area contributed by atoms with Gasteiger partial charge in [0, 0.05) is 25.6 Å². The summed E-state index contributed by atoms with van der Waals surface area (Å²) in [7, 11) is 0. The van der Waals surface area contributed by atoms with Crippen LogP contribution in [-0.2, 0) is 6.54 Å². The van der Waals surface area contributed by atoms with Crippen LogP contribution >= 0.6 is 0 Å². The minimum absolute atomic E-state index is 0.167. The second-order valence-corrected chi connectivity index (χ2v) is 6.73. The van der Waals surface area contributed by atoms with E-state index in [9.17, 15) is 10.2 Å². The third-order valence-corrected chi connectivity index (χ3v) is 4.78. The average Bonchev–Trinajstić information content (AvgIpc) is 2.44. The Kier molecular flexibility index (Phi) is 6.22. The van der Waals surface area contributed by atoms with Crippen LogP contribution in [0.15, 0.2) is 30.3 Å². The van der Waals surface area contributed by atoms with Crippen molar-refractivity contribution >= 4 is 0 Å². The minimum Gasteiger partial charge on any atom is -0.395 e. The average molecular weight is 291 g/mol. The van der Waals surface area contributed by atoms with Crippen LogP contribution in [-0.4, -0.2) is 40.9 Å². The van der Waals surface area contributed by atoms with E-state index in [1.165, 1.54) is 12.0 Å². The SMILES string of the molecule is CC1CC(C)C(CN(CCO)Cc2ccccc2)C(O)C1. The molecule has 1 aliphatic carbocycles. The highest BCUT2D eigenvalue weighted by atomic mass is 16.3. The molecule has 0 aromatic heterocycles. The first kappa shape index (κ1) is 16.5. The monoisotopic (exact) mass is 291 g/mol. The van der Waals surface area contributed by atoms with E-state index in [1.54, 1.807) is 0 Å². The first-order valence-electron chi connectivity index (χ1n) is 8.15. The van der Waals surface area contributed by atoms with Gasteiger partial charge in [-0.3, -0.25) is 4.90 Å². The second-order valence-electron chi connectivity index (χ2n) is 6.73. The van der Waals surface area contributed by atoms with Crippen molar-refractivity contribution in [2.24, 2.45) is 17.8 Å². The van der Waals surface area contributed by atoms with Crippen LogP contribution in [0.3, 0.4) is 0 Å². The molecule has 0 heterocycles. The first-order chi connectivity index (χ1) is 10.1. The molecule has 1 aliphatic rings. The van der Waals surface area contributed by atoms with E-state index >= 15 is 0 Å². The van der Waals surface area contributed by atoms with Crippen LogP contribution in [0.4, 0.5) is 0 Å². The van der Waals surface area contributed by atoms with Gasteiger partial charge in [-0.15, -0.1) is 0 Å². The normalized spacial score (nSPS) is 29.8. The summed E-state index contributed by atoms with van der Waals surface area (Å²) < 4.78 is 0. The zero-order valence-corrected chi connectivity index (χ0v) is 13.3. The first-order valence-corrected chi connectivity index (χ1v) is 8.15. The summed E-state index contributed by atoms with van der Waals surface area (Å²) in [6.45, 7) is 7.02. The predicted octanol–water partition coefficient (Wildman–Crippen LogP) is 2.52. The highest BCUT2D eigenvalue weighted by Gasteiger charge is 2.33. The molecule has 1 saturated carbocycles. The van der Waals surface area contributed by atoms with Gasteiger partial charge in [0.2, 0.25) is 0 Å². The number of hydrogen-bond acceptors (Lipinski definition) is 3. The molecule has 0 amide bonds. The van der Waals surface area contributed by atoms with Crippen molar-refractivity contribution in [3.05, 3.63) is 35.9 Å². The molecular weight excluding hydrogens is 262 g/mol. The Labute approximate surface area is 128 Å². The third kappa shape index (κ3) is 4.80. The van der Waals surface area contributed by atoms with Crippen molar-refractivity contribution in [2.45, 2.75) is 39.3 Å². The molecule has 1 aromatic rings. The molecule has 0 bridgehead atoms. The van der Waals surface area contributed by atoms with E-state index in [-0.39, 0.29) is 12.7 Å². The molecule has 21 heavy (non-hydrogen) atoms. The standard InChI is InChI=1S/C18H29NO2/c1-14-10-15(2)17(18(21)11-14)13-19(8-9-20)12-16-6-4-3-5-7-16/h3-7,14-15,17-18,20-21H,8-13H2,1-2H3. The number of nitrogens with zero attached hydrogens (tertiary/aromatic N) is 1. The molecule has 4 unspecified atom stereocenters. The number of hydrogen-bond donors (Lipinski definition) is 2. The molecule has 0 saturated heterocycles. The summed E-state index contributed by atoms with van der Waals surface area (Å²) in [5.41, 5.74) is 1.26. The molecular formula is C18H29NO2. The van der Waals surface area contributed by atoms with Crippen molar-refractivity contribution in [3.8, 4) is 0 Å². The highest BCUT2D eigenvalue weighted by Crippen LogP contribution is 2.34. The van der Waals surface area contributed by atoms with E-state index < -0.39 is 0 Å². The number of rotatable bonds is 6. The van der Waals surface area contributed by atoms with Gasteiger partial charge < -0.3 is 10.2 Å². The Morgan fingerprint density at radius 3 is 2.48 bits per heavy atom. The van der Waals surface area contributed by atoms with E-state index in [0.717, 1.165) is 19.5 Å². The lowest BCUT2D eigenvalue weighted by molar-refractivity contribution is -0.00553. The molecule has 2 N–H and O–H groups in total. The van der Waals surface area contributed by atoms with E-state index in [1.807, 2.05) is 18.2 Å². The quantitative estimate of drug-likeness (QED) is 0.846. The second kappa shape index (κ2) is 7.92. The van der Waals surface area contributed by atoms with Gasteiger partial charge in [-0.2, -0.15) is 0 Å². The van der Waals surface area contributed by atoms with Gasteiger partial charge in [0.1, 0.15) is 0 Å². The van der Waals surface area contributed by atoms with Gasteiger partial charge in [0.25, 0.3) is 0 Å². The maximum absolute atomic E-state index is 10.4. The molecule has 2 rings (SSSR count). The molecule has 3 heteroatoms. The van der Waals surface area contributed by atoms with Crippen molar-refractivity contribution < 1.29 is 10.2 Å². The van der Waals surface area contributed by atoms with Gasteiger partial charge in [-0.1, -0.05) is 44.2 Å². The maximum atomic E-state index is 10.4. The molecule has 0 aliphatic heterocycles. The van der Waals surface area contributed by atoms with Gasteiger partial charge in [0.15, 0.2) is 0 Å². The van der Waals surface area contributed by atoms with Crippen LogP contribution in [0.2, 0.25) is 0 Å². The van der Waals surface area contributed by atoms with Gasteiger partial charge in [-0.25, -0.2) is 0 Å². The molecule has 0 spiro atoms. The van der Waals surface area contributed by atoms with E-state index in [0.29, 0.717) is 24.3 Å². The van der Waals surface area contributed by atoms with Crippen LogP contribution in [0.25, 0.3) is 0 Å². The summed E-state index contributed by atoms with van der Waals surface area (Å²) in [4.78, 5) is 2.27. The predicted molar refractivity (Wildman–Crippen MR) is 85.9 cm³/mol. The zero-order valence-electron chi connectivity index (χ0n) is 13.3. The third-order valence-electron chi connectivity index (χ3n) is 4.78. The Hall–Kier alpha value is -0.900. The summed E-state index contributed by atoms with van der Waals surface area (Å²) >= 11 is 0. The smallest absolute Gasteiger partial charge is 0.0585 e. The Morgan fingerprint density at radius 1 is 1.14 bits per heavy atom. The van der Waals surface area contributed by atoms with Gasteiger partial charge in [0.05, 0.1) is 12.7 Å². The fourth-order valence-corrected chi connectivity index (χ4v) is 3.69. The number of benzene rings is 1. The molecule has 1 fully saturated rings. The Morgan fingerprint density at radius 2 is 1.86 bits per heavy atom. The zero-order chi connectivity index (χ0) is 15.2. The summed E-state index contributed by atoms with van der Waals surface area (Å²) in [5.74, 6) is 1.48. The molecule has 4 atom stereocenters. The lowest BCUT2D eigenvalue weighted by Gasteiger charge is -2.39. The lowest BCUT2D eigenvalue weighted by Crippen LogP contribution is -2.43. The minimum atomic E-state index is -0.208. The molecule has 3 nitrogen and oxygen atoms in total. The fraction of sp³-hybridized carbons (Fsp3) is 0.667. The van der Waals surface area contributed by atoms with E-state index in [2.05, 4.69) is 30.9 Å². The van der Waals surface area contributed by atoms with Crippen molar-refractivity contribution in [3.63, 3.8) is 0 Å². The van der Waals surface area contributed by atoms with Gasteiger partial charge in [-0.05, 0) is 30.2 Å². The number of aliphatic hydroxyl groups is 2. The Bertz CT molecular complexity index is 397. The lowest BCUT2D eigenvalue weighted by atomic mass is 9.73. The van der Waals surface area contributed by atoms with Gasteiger partial charge >= 0.3 is 0 Å². The molecule has 0 radical (unpaired) electrons. The van der Waals surface area contributed by atoms with Crippen LogP contribution in [0.1, 0.15) is 32.3 Å². The highest BCUT2D eigenvalue weighted by molar-refractivity contribution is 5.14. The van der Waals surface area contributed by atoms with Crippen molar-refractivity contribution in [2.75, 3.05) is 19.7 Å². The van der Waals surface area contributed by atoms with Crippen LogP contribution < -0.4 is 0 Å². The molecule has 1 aromatic carbocycles.